The van der Waals surface area contributed by atoms with E-state index in [2.05, 4.69) is 15.5 Å². The largest absolute Gasteiger partial charge is 0.416 e. The molecule has 1 aromatic carbocycles. The standard InChI is InChI=1S/C16H19F3N4O2/c1-10-4-5-12(16(17,18)19)8-13(10)15(24)21-11(2)14-22-20-9-23(14)6-7-25-3/h4-5,8-9,11H,6-7H2,1-3H3,(H,21,24). The van der Waals surface area contributed by atoms with E-state index in [1.807, 2.05) is 0 Å². The van der Waals surface area contributed by atoms with Gasteiger partial charge in [-0.1, -0.05) is 6.07 Å². The van der Waals surface area contributed by atoms with Crippen molar-refractivity contribution in [2.24, 2.45) is 0 Å². The summed E-state index contributed by atoms with van der Waals surface area (Å²) in [5.41, 5.74) is -0.428. The molecule has 0 fully saturated rings. The first-order valence-electron chi connectivity index (χ1n) is 7.59. The van der Waals surface area contributed by atoms with Gasteiger partial charge in [0.05, 0.1) is 18.2 Å². The summed E-state index contributed by atoms with van der Waals surface area (Å²) in [6, 6.07) is 2.56. The first kappa shape index (κ1) is 18.9. The summed E-state index contributed by atoms with van der Waals surface area (Å²) in [7, 11) is 1.56. The van der Waals surface area contributed by atoms with Crippen LogP contribution in [0, 0.1) is 6.92 Å². The van der Waals surface area contributed by atoms with Crippen LogP contribution in [0.15, 0.2) is 24.5 Å². The van der Waals surface area contributed by atoms with Crippen molar-refractivity contribution in [3.63, 3.8) is 0 Å². The third-order valence-electron chi connectivity index (χ3n) is 3.73. The fourth-order valence-electron chi connectivity index (χ4n) is 2.34. The van der Waals surface area contributed by atoms with Crippen LogP contribution >= 0.6 is 0 Å². The Kier molecular flexibility index (Phi) is 5.78. The van der Waals surface area contributed by atoms with Crippen molar-refractivity contribution in [1.29, 1.82) is 0 Å². The molecule has 1 N–H and O–H groups in total. The monoisotopic (exact) mass is 356 g/mol. The maximum atomic E-state index is 12.9. The number of halogens is 3. The Morgan fingerprint density at radius 2 is 2.12 bits per heavy atom. The van der Waals surface area contributed by atoms with Gasteiger partial charge in [0.25, 0.3) is 5.91 Å². The van der Waals surface area contributed by atoms with Crippen LogP contribution in [0.5, 0.6) is 0 Å². The van der Waals surface area contributed by atoms with Gasteiger partial charge in [0.15, 0.2) is 5.82 Å². The highest BCUT2D eigenvalue weighted by Gasteiger charge is 2.31. The van der Waals surface area contributed by atoms with Gasteiger partial charge in [-0.25, -0.2) is 0 Å². The first-order valence-corrected chi connectivity index (χ1v) is 7.59. The Morgan fingerprint density at radius 1 is 1.40 bits per heavy atom. The van der Waals surface area contributed by atoms with Crippen molar-refractivity contribution in [2.75, 3.05) is 13.7 Å². The van der Waals surface area contributed by atoms with Crippen LogP contribution in [-0.2, 0) is 17.5 Å². The lowest BCUT2D eigenvalue weighted by molar-refractivity contribution is -0.137. The fourth-order valence-corrected chi connectivity index (χ4v) is 2.34. The highest BCUT2D eigenvalue weighted by atomic mass is 19.4. The molecule has 0 aliphatic carbocycles. The van der Waals surface area contributed by atoms with Crippen LogP contribution in [0.1, 0.15) is 40.3 Å². The van der Waals surface area contributed by atoms with Gasteiger partial charge >= 0.3 is 6.18 Å². The van der Waals surface area contributed by atoms with Gasteiger partial charge in [-0.15, -0.1) is 10.2 Å². The summed E-state index contributed by atoms with van der Waals surface area (Å²) in [6.07, 6.45) is -3.00. The minimum atomic E-state index is -4.51. The number of nitrogens with one attached hydrogen (secondary N) is 1. The molecular weight excluding hydrogens is 337 g/mol. The third-order valence-corrected chi connectivity index (χ3v) is 3.73. The number of benzene rings is 1. The van der Waals surface area contributed by atoms with Crippen molar-refractivity contribution in [3.05, 3.63) is 47.0 Å². The lowest BCUT2D eigenvalue weighted by atomic mass is 10.0. The summed E-state index contributed by atoms with van der Waals surface area (Å²) in [5, 5.41) is 10.4. The minimum absolute atomic E-state index is 0.0235. The number of hydrogen-bond donors (Lipinski definition) is 1. The molecule has 1 unspecified atom stereocenters. The predicted octanol–water partition coefficient (Wildman–Crippen LogP) is 2.74. The molecule has 1 aromatic heterocycles. The van der Waals surface area contributed by atoms with Crippen molar-refractivity contribution in [2.45, 2.75) is 32.6 Å². The van der Waals surface area contributed by atoms with E-state index < -0.39 is 23.7 Å². The number of alkyl halides is 3. The number of aryl methyl sites for hydroxylation is 1. The lowest BCUT2D eigenvalue weighted by Crippen LogP contribution is -2.29. The molecule has 0 saturated carbocycles. The molecule has 1 atom stereocenters. The maximum absolute atomic E-state index is 12.9. The van der Waals surface area contributed by atoms with E-state index in [-0.39, 0.29) is 5.56 Å². The molecule has 2 rings (SSSR count). The van der Waals surface area contributed by atoms with Crippen LogP contribution in [-0.4, -0.2) is 34.4 Å². The van der Waals surface area contributed by atoms with Crippen LogP contribution < -0.4 is 5.32 Å². The van der Waals surface area contributed by atoms with E-state index in [9.17, 15) is 18.0 Å². The van der Waals surface area contributed by atoms with Gasteiger partial charge in [-0.05, 0) is 31.5 Å². The van der Waals surface area contributed by atoms with E-state index >= 15 is 0 Å². The van der Waals surface area contributed by atoms with Crippen LogP contribution in [0.25, 0.3) is 0 Å². The Bertz CT molecular complexity index is 743. The molecule has 136 valence electrons. The SMILES string of the molecule is COCCn1cnnc1C(C)NC(=O)c1cc(C(F)(F)F)ccc1C. The average Bonchev–Trinajstić information content (AvgIpc) is 3.00. The molecule has 1 heterocycles. The van der Waals surface area contributed by atoms with Gasteiger partial charge in [0, 0.05) is 19.2 Å². The van der Waals surface area contributed by atoms with Crippen molar-refractivity contribution in [1.82, 2.24) is 20.1 Å². The number of carbonyl (C=O) groups is 1. The number of ether oxygens (including phenoxy) is 1. The second kappa shape index (κ2) is 7.64. The fraction of sp³-hybridized carbons (Fsp3) is 0.438. The number of carbonyl (C=O) groups excluding carboxylic acids is 1. The first-order chi connectivity index (χ1) is 11.7. The Balaban J connectivity index is 2.18. The minimum Gasteiger partial charge on any atom is -0.383 e. The number of methoxy groups -OCH3 is 1. The van der Waals surface area contributed by atoms with Crippen LogP contribution in [0.2, 0.25) is 0 Å². The maximum Gasteiger partial charge on any atom is 0.416 e. The lowest BCUT2D eigenvalue weighted by Gasteiger charge is -2.16. The number of nitrogens with zero attached hydrogens (tertiary/aromatic N) is 3. The molecule has 9 heteroatoms. The molecule has 25 heavy (non-hydrogen) atoms. The van der Waals surface area contributed by atoms with Crippen molar-refractivity contribution in [3.8, 4) is 0 Å². The highest BCUT2D eigenvalue weighted by molar-refractivity contribution is 5.96. The molecule has 0 spiro atoms. The Hall–Kier alpha value is -2.42. The zero-order chi connectivity index (χ0) is 18.6. The van der Waals surface area contributed by atoms with Crippen LogP contribution in [0.3, 0.4) is 0 Å². The molecule has 6 nitrogen and oxygen atoms in total. The summed E-state index contributed by atoms with van der Waals surface area (Å²) >= 11 is 0. The number of aromatic nitrogens is 3. The normalized spacial score (nSPS) is 12.9. The highest BCUT2D eigenvalue weighted by Crippen LogP contribution is 2.30. The molecule has 0 aliphatic heterocycles. The second-order valence-corrected chi connectivity index (χ2v) is 5.60. The molecular formula is C16H19F3N4O2. The van der Waals surface area contributed by atoms with E-state index in [4.69, 9.17) is 4.74 Å². The predicted molar refractivity (Wildman–Crippen MR) is 84.0 cm³/mol. The smallest absolute Gasteiger partial charge is 0.383 e. The van der Waals surface area contributed by atoms with Gasteiger partial charge < -0.3 is 14.6 Å². The molecule has 1 amide bonds. The van der Waals surface area contributed by atoms with Gasteiger partial charge in [0.1, 0.15) is 6.33 Å². The van der Waals surface area contributed by atoms with Gasteiger partial charge in [-0.2, -0.15) is 13.2 Å². The Labute approximate surface area is 143 Å². The molecule has 2 aromatic rings. The zero-order valence-corrected chi connectivity index (χ0v) is 14.1. The topological polar surface area (TPSA) is 69.0 Å². The quantitative estimate of drug-likeness (QED) is 0.864. The Morgan fingerprint density at radius 3 is 2.76 bits per heavy atom. The summed E-state index contributed by atoms with van der Waals surface area (Å²) in [6.45, 7) is 4.22. The van der Waals surface area contributed by atoms with E-state index in [0.29, 0.717) is 24.5 Å². The van der Waals surface area contributed by atoms with Crippen molar-refractivity contribution >= 4 is 5.91 Å². The molecule has 0 aliphatic rings. The third kappa shape index (κ3) is 4.56. The van der Waals surface area contributed by atoms with Gasteiger partial charge in [-0.3, -0.25) is 4.79 Å². The number of hydrogen-bond acceptors (Lipinski definition) is 4. The molecule has 0 radical (unpaired) electrons. The summed E-state index contributed by atoms with van der Waals surface area (Å²) in [5.74, 6) is -0.104. The van der Waals surface area contributed by atoms with Crippen LogP contribution in [0.4, 0.5) is 13.2 Å². The number of amides is 1. The second-order valence-electron chi connectivity index (χ2n) is 5.60. The molecule has 0 bridgehead atoms. The van der Waals surface area contributed by atoms with Crippen molar-refractivity contribution < 1.29 is 22.7 Å². The zero-order valence-electron chi connectivity index (χ0n) is 14.1. The number of rotatable bonds is 6. The average molecular weight is 356 g/mol. The van der Waals surface area contributed by atoms with E-state index in [0.717, 1.165) is 12.1 Å². The molecule has 0 saturated heterocycles. The van der Waals surface area contributed by atoms with E-state index in [1.165, 1.54) is 12.4 Å². The summed E-state index contributed by atoms with van der Waals surface area (Å²) < 4.78 is 45.3. The summed E-state index contributed by atoms with van der Waals surface area (Å²) in [4.78, 5) is 12.4. The van der Waals surface area contributed by atoms with Gasteiger partial charge in [0.2, 0.25) is 0 Å². The van der Waals surface area contributed by atoms with E-state index in [1.54, 1.807) is 25.5 Å².